The normalized spacial score (nSPS) is 16.5. The summed E-state index contributed by atoms with van der Waals surface area (Å²) in [5, 5.41) is 2.72. The number of Topliss-reactive ketones (excluding diaryl/α,β-unsaturated/α-hetero) is 1. The van der Waals surface area contributed by atoms with Crippen molar-refractivity contribution in [3.8, 4) is 0 Å². The summed E-state index contributed by atoms with van der Waals surface area (Å²) in [5.41, 5.74) is 2.50. The van der Waals surface area contributed by atoms with E-state index in [4.69, 9.17) is 0 Å². The van der Waals surface area contributed by atoms with Crippen LogP contribution in [0.5, 0.6) is 0 Å². The van der Waals surface area contributed by atoms with Gasteiger partial charge in [0, 0.05) is 24.5 Å². The summed E-state index contributed by atoms with van der Waals surface area (Å²) in [4.78, 5) is 32.7. The first kappa shape index (κ1) is 17.1. The Labute approximate surface area is 155 Å². The number of aromatic amines is 1. The molecule has 3 aromatic rings. The standard InChI is InChI=1S/C21H18FN3O2/c22-15-7-4-13(5-8-15)14-6-9-17-20(18(26)11-14)16(12-24-17)21(27)25-19-3-1-2-10-23-19/h1-5,7-8,10,12,14,24H,6,9,11H2,(H,23,25,27). The molecule has 0 saturated heterocycles. The van der Waals surface area contributed by atoms with Gasteiger partial charge in [0.1, 0.15) is 11.6 Å². The van der Waals surface area contributed by atoms with E-state index in [2.05, 4.69) is 15.3 Å². The fourth-order valence-electron chi connectivity index (χ4n) is 3.55. The highest BCUT2D eigenvalue weighted by atomic mass is 19.1. The lowest BCUT2D eigenvalue weighted by molar-refractivity contribution is 0.0959. The van der Waals surface area contributed by atoms with Crippen LogP contribution >= 0.6 is 0 Å². The highest BCUT2D eigenvalue weighted by molar-refractivity contribution is 6.13. The second kappa shape index (κ2) is 7.15. The van der Waals surface area contributed by atoms with Crippen molar-refractivity contribution in [1.82, 2.24) is 9.97 Å². The number of aromatic nitrogens is 2. The van der Waals surface area contributed by atoms with E-state index >= 15 is 0 Å². The summed E-state index contributed by atoms with van der Waals surface area (Å²) in [5.74, 6) is -0.297. The third-order valence-electron chi connectivity index (χ3n) is 4.91. The molecule has 136 valence electrons. The number of rotatable bonds is 3. The van der Waals surface area contributed by atoms with Crippen LogP contribution in [0.25, 0.3) is 0 Å². The number of nitrogens with one attached hydrogen (secondary N) is 2. The molecule has 6 heteroatoms. The van der Waals surface area contributed by atoms with Gasteiger partial charge >= 0.3 is 0 Å². The quantitative estimate of drug-likeness (QED) is 0.688. The monoisotopic (exact) mass is 363 g/mol. The fraction of sp³-hybridized carbons (Fsp3) is 0.190. The van der Waals surface area contributed by atoms with Crippen LogP contribution in [0.15, 0.2) is 54.9 Å². The van der Waals surface area contributed by atoms with Gasteiger partial charge in [0.2, 0.25) is 0 Å². The Morgan fingerprint density at radius 1 is 1.19 bits per heavy atom. The number of pyridine rings is 1. The molecule has 1 atom stereocenters. The Kier molecular flexibility index (Phi) is 4.54. The summed E-state index contributed by atoms with van der Waals surface area (Å²) >= 11 is 0. The molecule has 0 bridgehead atoms. The lowest BCUT2D eigenvalue weighted by Crippen LogP contribution is -2.16. The van der Waals surface area contributed by atoms with Crippen LogP contribution in [0, 0.1) is 5.82 Å². The molecule has 2 aromatic heterocycles. The first-order valence-electron chi connectivity index (χ1n) is 8.83. The SMILES string of the molecule is O=C(Nc1ccccn1)c1c[nH]c2c1C(=O)CC(c1ccc(F)cc1)CC2. The van der Waals surface area contributed by atoms with Gasteiger partial charge in [-0.2, -0.15) is 0 Å². The number of carbonyl (C=O) groups excluding carboxylic acids is 2. The van der Waals surface area contributed by atoms with Crippen molar-refractivity contribution >= 4 is 17.5 Å². The van der Waals surface area contributed by atoms with Gasteiger partial charge in [-0.3, -0.25) is 9.59 Å². The zero-order valence-corrected chi connectivity index (χ0v) is 14.5. The lowest BCUT2D eigenvalue weighted by atomic mass is 9.90. The van der Waals surface area contributed by atoms with Crippen molar-refractivity contribution in [2.75, 3.05) is 5.32 Å². The topological polar surface area (TPSA) is 74.8 Å². The van der Waals surface area contributed by atoms with Gasteiger partial charge in [0.25, 0.3) is 5.91 Å². The third kappa shape index (κ3) is 3.51. The number of aryl methyl sites for hydroxylation is 1. The number of ketones is 1. The number of amides is 1. The number of hydrogen-bond donors (Lipinski definition) is 2. The molecule has 0 aliphatic heterocycles. The average Bonchev–Trinajstić information content (AvgIpc) is 3.04. The van der Waals surface area contributed by atoms with Gasteiger partial charge in [0.15, 0.2) is 5.78 Å². The van der Waals surface area contributed by atoms with Gasteiger partial charge in [-0.1, -0.05) is 18.2 Å². The van der Waals surface area contributed by atoms with Gasteiger partial charge in [-0.15, -0.1) is 0 Å². The maximum atomic E-state index is 13.2. The highest BCUT2D eigenvalue weighted by Gasteiger charge is 2.29. The Morgan fingerprint density at radius 2 is 2.00 bits per heavy atom. The summed E-state index contributed by atoms with van der Waals surface area (Å²) in [6.45, 7) is 0. The van der Waals surface area contributed by atoms with E-state index in [1.165, 1.54) is 12.1 Å². The van der Waals surface area contributed by atoms with Crippen LogP contribution in [0.1, 0.15) is 50.7 Å². The lowest BCUT2D eigenvalue weighted by Gasteiger charge is -2.13. The van der Waals surface area contributed by atoms with E-state index in [-0.39, 0.29) is 23.4 Å². The van der Waals surface area contributed by atoms with Crippen molar-refractivity contribution in [2.24, 2.45) is 0 Å². The van der Waals surface area contributed by atoms with Crippen molar-refractivity contribution in [3.05, 3.63) is 83.1 Å². The number of H-pyrrole nitrogens is 1. The van der Waals surface area contributed by atoms with Crippen molar-refractivity contribution in [2.45, 2.75) is 25.2 Å². The van der Waals surface area contributed by atoms with Crippen LogP contribution in [0.3, 0.4) is 0 Å². The minimum atomic E-state index is -0.361. The summed E-state index contributed by atoms with van der Waals surface area (Å²) in [6, 6.07) is 11.5. The number of halogens is 1. The van der Waals surface area contributed by atoms with Gasteiger partial charge in [-0.25, -0.2) is 9.37 Å². The predicted octanol–water partition coefficient (Wildman–Crippen LogP) is 4.10. The number of fused-ring (bicyclic) bond motifs is 1. The van der Waals surface area contributed by atoms with E-state index in [1.807, 2.05) is 0 Å². The van der Waals surface area contributed by atoms with Gasteiger partial charge < -0.3 is 10.3 Å². The van der Waals surface area contributed by atoms with E-state index < -0.39 is 0 Å². The Morgan fingerprint density at radius 3 is 2.74 bits per heavy atom. The van der Waals surface area contributed by atoms with Crippen LogP contribution in [-0.4, -0.2) is 21.7 Å². The van der Waals surface area contributed by atoms with Crippen LogP contribution in [0.4, 0.5) is 10.2 Å². The van der Waals surface area contributed by atoms with Crippen LogP contribution in [0.2, 0.25) is 0 Å². The summed E-state index contributed by atoms with van der Waals surface area (Å²) in [6.07, 6.45) is 4.87. The molecule has 0 saturated carbocycles. The number of carbonyl (C=O) groups is 2. The molecule has 1 unspecified atom stereocenters. The maximum Gasteiger partial charge on any atom is 0.259 e. The molecule has 1 aliphatic carbocycles. The Balaban J connectivity index is 1.57. The first-order valence-corrected chi connectivity index (χ1v) is 8.83. The summed E-state index contributed by atoms with van der Waals surface area (Å²) in [7, 11) is 0. The second-order valence-electron chi connectivity index (χ2n) is 6.64. The molecule has 2 N–H and O–H groups in total. The molecule has 0 spiro atoms. The molecule has 4 rings (SSSR count). The minimum absolute atomic E-state index is 0.00519. The third-order valence-corrected chi connectivity index (χ3v) is 4.91. The van der Waals surface area contributed by atoms with Gasteiger partial charge in [0.05, 0.1) is 11.1 Å². The highest BCUT2D eigenvalue weighted by Crippen LogP contribution is 2.33. The summed E-state index contributed by atoms with van der Waals surface area (Å²) < 4.78 is 13.2. The van der Waals surface area contributed by atoms with Crippen molar-refractivity contribution in [1.29, 1.82) is 0 Å². The van der Waals surface area contributed by atoms with Crippen LogP contribution < -0.4 is 5.32 Å². The van der Waals surface area contributed by atoms with E-state index in [9.17, 15) is 14.0 Å². The van der Waals surface area contributed by atoms with Crippen molar-refractivity contribution in [3.63, 3.8) is 0 Å². The molecule has 0 fully saturated rings. The molecule has 2 heterocycles. The molecular formula is C21H18FN3O2. The molecule has 1 aliphatic rings. The molecule has 5 nitrogen and oxygen atoms in total. The van der Waals surface area contributed by atoms with Crippen molar-refractivity contribution < 1.29 is 14.0 Å². The fourth-order valence-corrected chi connectivity index (χ4v) is 3.55. The zero-order valence-electron chi connectivity index (χ0n) is 14.5. The number of hydrogen-bond acceptors (Lipinski definition) is 3. The Bertz CT molecular complexity index is 980. The Hall–Kier alpha value is -3.28. The van der Waals surface area contributed by atoms with Gasteiger partial charge in [-0.05, 0) is 48.6 Å². The first-order chi connectivity index (χ1) is 13.1. The molecule has 0 radical (unpaired) electrons. The number of nitrogens with zero attached hydrogens (tertiary/aromatic N) is 1. The second-order valence-corrected chi connectivity index (χ2v) is 6.64. The number of benzene rings is 1. The molecule has 1 amide bonds. The largest absolute Gasteiger partial charge is 0.364 e. The smallest absolute Gasteiger partial charge is 0.259 e. The predicted molar refractivity (Wildman–Crippen MR) is 99.4 cm³/mol. The molecular weight excluding hydrogens is 345 g/mol. The van der Waals surface area contributed by atoms with E-state index in [0.717, 1.165) is 17.7 Å². The van der Waals surface area contributed by atoms with E-state index in [1.54, 1.807) is 42.7 Å². The maximum absolute atomic E-state index is 13.2. The molecule has 1 aromatic carbocycles. The zero-order chi connectivity index (χ0) is 18.8. The molecule has 27 heavy (non-hydrogen) atoms. The number of anilines is 1. The van der Waals surface area contributed by atoms with E-state index in [0.29, 0.717) is 29.8 Å². The minimum Gasteiger partial charge on any atom is -0.364 e. The average molecular weight is 363 g/mol. The van der Waals surface area contributed by atoms with Crippen LogP contribution in [-0.2, 0) is 6.42 Å².